The summed E-state index contributed by atoms with van der Waals surface area (Å²) in [6.45, 7) is 13.6. The number of aromatic nitrogens is 2. The summed E-state index contributed by atoms with van der Waals surface area (Å²) in [7, 11) is 3.93. The molecule has 34 heavy (non-hydrogen) atoms. The molecule has 1 aliphatic heterocycles. The molecule has 0 bridgehead atoms. The summed E-state index contributed by atoms with van der Waals surface area (Å²) in [6.07, 6.45) is 2.67. The highest BCUT2D eigenvalue weighted by Gasteiger charge is 2.28. The van der Waals surface area contributed by atoms with Gasteiger partial charge in [0, 0.05) is 62.9 Å². The van der Waals surface area contributed by atoms with E-state index in [4.69, 9.17) is 9.72 Å². The van der Waals surface area contributed by atoms with Crippen molar-refractivity contribution in [3.05, 3.63) is 47.8 Å². The number of rotatable bonds is 8. The first-order valence-corrected chi connectivity index (χ1v) is 12.5. The number of benzene rings is 1. The molecular weight excluding hydrogens is 424 g/mol. The second kappa shape index (κ2) is 10.1. The van der Waals surface area contributed by atoms with Crippen LogP contribution in [0.1, 0.15) is 45.1 Å². The summed E-state index contributed by atoms with van der Waals surface area (Å²) in [5.74, 6) is 0. The highest BCUT2D eigenvalue weighted by Crippen LogP contribution is 2.41. The average molecular weight is 465 g/mol. The van der Waals surface area contributed by atoms with Crippen molar-refractivity contribution < 1.29 is 9.84 Å². The minimum absolute atomic E-state index is 0.126. The number of hydrogen-bond acceptors (Lipinski definition) is 5. The van der Waals surface area contributed by atoms with Gasteiger partial charge in [0.25, 0.3) is 0 Å². The van der Waals surface area contributed by atoms with Crippen LogP contribution in [-0.2, 0) is 17.7 Å². The normalized spacial score (nSPS) is 16.4. The van der Waals surface area contributed by atoms with E-state index < -0.39 is 0 Å². The van der Waals surface area contributed by atoms with Crippen LogP contribution in [-0.4, -0.2) is 66.5 Å². The molecule has 0 radical (unpaired) electrons. The van der Waals surface area contributed by atoms with Crippen molar-refractivity contribution in [2.24, 2.45) is 5.41 Å². The molecule has 1 N–H and O–H groups in total. The first-order valence-electron chi connectivity index (χ1n) is 12.5. The van der Waals surface area contributed by atoms with Crippen molar-refractivity contribution in [1.82, 2.24) is 14.5 Å². The number of aliphatic hydroxyl groups excluding tert-OH is 1. The molecule has 0 aliphatic carbocycles. The highest BCUT2D eigenvalue weighted by molar-refractivity contribution is 5.93. The smallest absolute Gasteiger partial charge is 0.0969 e. The summed E-state index contributed by atoms with van der Waals surface area (Å²) in [5, 5.41) is 11.4. The number of likely N-dealkylation sites (N-methyl/N-ethyl adjacent to an activating group) is 1. The number of nitrogens with zero attached hydrogens (tertiary/aromatic N) is 4. The van der Waals surface area contributed by atoms with E-state index in [1.165, 1.54) is 22.2 Å². The highest BCUT2D eigenvalue weighted by atomic mass is 16.5. The number of piperazine rings is 1. The monoisotopic (exact) mass is 464 g/mol. The van der Waals surface area contributed by atoms with Crippen LogP contribution in [0, 0.1) is 5.41 Å². The van der Waals surface area contributed by atoms with E-state index >= 15 is 0 Å². The Morgan fingerprint density at radius 1 is 1.15 bits per heavy atom. The average Bonchev–Trinajstić information content (AvgIpc) is 3.16. The van der Waals surface area contributed by atoms with E-state index in [1.54, 1.807) is 7.11 Å². The molecule has 1 aromatic carbocycles. The lowest BCUT2D eigenvalue weighted by Gasteiger charge is -2.34. The molecule has 2 aromatic heterocycles. The van der Waals surface area contributed by atoms with Gasteiger partial charge in [-0.3, -0.25) is 4.98 Å². The number of fused-ring (bicyclic) bond motifs is 1. The minimum Gasteiger partial charge on any atom is -0.396 e. The first kappa shape index (κ1) is 24.7. The van der Waals surface area contributed by atoms with Crippen LogP contribution in [0.2, 0.25) is 0 Å². The lowest BCUT2D eigenvalue weighted by Crippen LogP contribution is -2.44. The third-order valence-electron chi connectivity index (χ3n) is 7.24. The number of hydrogen-bond donors (Lipinski definition) is 1. The standard InChI is InChI=1S/C28H40N4O2/c1-7-32-25-11-9-8-10-22(25)24(17-28(3,4)19-33)27(32)23-16-21(18-29-26(23)20(2)34-6)31-14-12-30(5)13-15-31/h8-11,16,18,20,33H,7,12-15,17,19H2,1-6H3/t20-/m0/s1. The molecule has 0 unspecified atom stereocenters. The fraction of sp³-hybridized carbons (Fsp3) is 0.536. The van der Waals surface area contributed by atoms with Gasteiger partial charge in [-0.25, -0.2) is 0 Å². The van der Waals surface area contributed by atoms with E-state index in [9.17, 15) is 5.11 Å². The van der Waals surface area contributed by atoms with E-state index in [1.807, 2.05) is 6.20 Å². The third kappa shape index (κ3) is 4.72. The van der Waals surface area contributed by atoms with Crippen LogP contribution >= 0.6 is 0 Å². The zero-order valence-corrected chi connectivity index (χ0v) is 21.6. The fourth-order valence-electron chi connectivity index (χ4n) is 5.05. The van der Waals surface area contributed by atoms with Gasteiger partial charge in [0.2, 0.25) is 0 Å². The van der Waals surface area contributed by atoms with Crippen LogP contribution in [0.4, 0.5) is 5.69 Å². The summed E-state index contributed by atoms with van der Waals surface area (Å²) in [5.41, 5.74) is 6.73. The molecule has 184 valence electrons. The van der Waals surface area contributed by atoms with Gasteiger partial charge in [0.15, 0.2) is 0 Å². The second-order valence-electron chi connectivity index (χ2n) is 10.4. The molecule has 0 amide bonds. The Morgan fingerprint density at radius 2 is 1.85 bits per heavy atom. The van der Waals surface area contributed by atoms with Crippen molar-refractivity contribution in [1.29, 1.82) is 0 Å². The SMILES string of the molecule is CCn1c(-c2cc(N3CCN(C)CC3)cnc2[C@H](C)OC)c(CC(C)(C)CO)c2ccccc21. The van der Waals surface area contributed by atoms with Crippen LogP contribution in [0.5, 0.6) is 0 Å². The number of para-hydroxylation sites is 1. The van der Waals surface area contributed by atoms with Gasteiger partial charge in [-0.2, -0.15) is 0 Å². The molecule has 4 rings (SSSR count). The number of methoxy groups -OCH3 is 1. The van der Waals surface area contributed by atoms with E-state index in [0.29, 0.717) is 0 Å². The summed E-state index contributed by atoms with van der Waals surface area (Å²) in [4.78, 5) is 9.79. The zero-order chi connectivity index (χ0) is 24.5. The van der Waals surface area contributed by atoms with Gasteiger partial charge in [0.05, 0.1) is 29.4 Å². The van der Waals surface area contributed by atoms with E-state index in [0.717, 1.165) is 56.1 Å². The Bertz CT molecular complexity index is 1130. The van der Waals surface area contributed by atoms with Gasteiger partial charge < -0.3 is 24.2 Å². The lowest BCUT2D eigenvalue weighted by molar-refractivity contribution is 0.116. The Morgan fingerprint density at radius 3 is 2.50 bits per heavy atom. The number of ether oxygens (including phenoxy) is 1. The van der Waals surface area contributed by atoms with Crippen LogP contribution in [0.15, 0.2) is 36.5 Å². The fourth-order valence-corrected chi connectivity index (χ4v) is 5.05. The first-order chi connectivity index (χ1) is 16.3. The number of anilines is 1. The Kier molecular flexibility index (Phi) is 7.31. The van der Waals surface area contributed by atoms with Crippen LogP contribution in [0.25, 0.3) is 22.2 Å². The van der Waals surface area contributed by atoms with Gasteiger partial charge in [-0.1, -0.05) is 32.0 Å². The number of aliphatic hydroxyl groups is 1. The predicted octanol–water partition coefficient (Wildman–Crippen LogP) is 4.74. The Hall–Kier alpha value is -2.41. The van der Waals surface area contributed by atoms with Gasteiger partial charge >= 0.3 is 0 Å². The Labute approximate surface area is 204 Å². The summed E-state index contributed by atoms with van der Waals surface area (Å²) < 4.78 is 8.19. The van der Waals surface area contributed by atoms with Crippen molar-refractivity contribution >= 4 is 16.6 Å². The van der Waals surface area contributed by atoms with Gasteiger partial charge in [0.1, 0.15) is 0 Å². The molecule has 6 heteroatoms. The number of pyridine rings is 1. The molecule has 0 saturated carbocycles. The van der Waals surface area contributed by atoms with Crippen molar-refractivity contribution in [2.45, 2.75) is 46.8 Å². The molecule has 1 saturated heterocycles. The molecule has 0 spiro atoms. The Balaban J connectivity index is 1.97. The van der Waals surface area contributed by atoms with E-state index in [2.05, 4.69) is 79.4 Å². The maximum atomic E-state index is 10.1. The quantitative estimate of drug-likeness (QED) is 0.522. The maximum Gasteiger partial charge on any atom is 0.0969 e. The molecule has 3 heterocycles. The van der Waals surface area contributed by atoms with E-state index in [-0.39, 0.29) is 18.1 Å². The second-order valence-corrected chi connectivity index (χ2v) is 10.4. The van der Waals surface area contributed by atoms with Crippen LogP contribution in [0.3, 0.4) is 0 Å². The molecule has 1 atom stereocenters. The molecule has 1 fully saturated rings. The van der Waals surface area contributed by atoms with Crippen molar-refractivity contribution in [3.8, 4) is 11.3 Å². The van der Waals surface area contributed by atoms with Crippen molar-refractivity contribution in [3.63, 3.8) is 0 Å². The van der Waals surface area contributed by atoms with Crippen LogP contribution < -0.4 is 4.90 Å². The largest absolute Gasteiger partial charge is 0.396 e. The van der Waals surface area contributed by atoms with Gasteiger partial charge in [-0.05, 0) is 50.4 Å². The lowest BCUT2D eigenvalue weighted by atomic mass is 9.84. The molecule has 3 aromatic rings. The third-order valence-corrected chi connectivity index (χ3v) is 7.24. The molecule has 1 aliphatic rings. The van der Waals surface area contributed by atoms with Gasteiger partial charge in [-0.15, -0.1) is 0 Å². The number of aryl methyl sites for hydroxylation is 1. The summed E-state index contributed by atoms with van der Waals surface area (Å²) in [6, 6.07) is 11.0. The topological polar surface area (TPSA) is 53.8 Å². The molecule has 6 nitrogen and oxygen atoms in total. The van der Waals surface area contributed by atoms with Crippen molar-refractivity contribution in [2.75, 3.05) is 51.8 Å². The minimum atomic E-state index is -0.229. The maximum absolute atomic E-state index is 10.1. The predicted molar refractivity (Wildman–Crippen MR) is 141 cm³/mol. The zero-order valence-electron chi connectivity index (χ0n) is 21.6. The summed E-state index contributed by atoms with van der Waals surface area (Å²) >= 11 is 0. The molecular formula is C28H40N4O2.